The Hall–Kier alpha value is -0.790. The van der Waals surface area contributed by atoms with Crippen molar-refractivity contribution >= 4 is 5.97 Å². The average molecular weight is 226 g/mol. The summed E-state index contributed by atoms with van der Waals surface area (Å²) in [6.45, 7) is 6.09. The van der Waals surface area contributed by atoms with E-state index in [9.17, 15) is 4.79 Å². The maximum absolute atomic E-state index is 10.9. The molecule has 0 rings (SSSR count). The zero-order chi connectivity index (χ0) is 12.4. The molecule has 0 saturated heterocycles. The van der Waals surface area contributed by atoms with Gasteiger partial charge in [-0.2, -0.15) is 0 Å². The van der Waals surface area contributed by atoms with Gasteiger partial charge in [0.05, 0.1) is 0 Å². The molecule has 16 heavy (non-hydrogen) atoms. The highest BCUT2D eigenvalue weighted by molar-refractivity contribution is 5.86. The lowest BCUT2D eigenvalue weighted by Crippen LogP contribution is -2.02. The molecule has 0 spiro atoms. The minimum absolute atomic E-state index is 0.576. The quantitative estimate of drug-likeness (QED) is 0.462. The van der Waals surface area contributed by atoms with Crippen molar-refractivity contribution in [2.24, 2.45) is 0 Å². The monoisotopic (exact) mass is 226 g/mol. The van der Waals surface area contributed by atoms with E-state index < -0.39 is 5.97 Å². The predicted octanol–water partition coefficient (Wildman–Crippen LogP) is 4.55. The van der Waals surface area contributed by atoms with Crippen LogP contribution in [0.25, 0.3) is 0 Å². The molecule has 0 saturated carbocycles. The first-order valence-electron chi connectivity index (χ1n) is 6.55. The molecular formula is C14H26O2. The molecule has 2 nitrogen and oxygen atoms in total. The summed E-state index contributed by atoms with van der Waals surface area (Å²) >= 11 is 0. The first kappa shape index (κ1) is 15.2. The van der Waals surface area contributed by atoms with Gasteiger partial charge in [-0.1, -0.05) is 45.1 Å². The molecule has 0 aromatic carbocycles. The van der Waals surface area contributed by atoms with E-state index in [1.165, 1.54) is 25.7 Å². The molecule has 0 radical (unpaired) electrons. The topological polar surface area (TPSA) is 37.3 Å². The molecule has 0 aliphatic rings. The van der Waals surface area contributed by atoms with Gasteiger partial charge in [-0.3, -0.25) is 0 Å². The fourth-order valence-electron chi connectivity index (χ4n) is 1.83. The van der Waals surface area contributed by atoms with Gasteiger partial charge in [0.25, 0.3) is 0 Å². The summed E-state index contributed by atoms with van der Waals surface area (Å²) in [5.74, 6) is -0.747. The van der Waals surface area contributed by atoms with Gasteiger partial charge in [-0.15, -0.1) is 0 Å². The molecular weight excluding hydrogens is 200 g/mol. The van der Waals surface area contributed by atoms with Crippen LogP contribution >= 0.6 is 0 Å². The maximum atomic E-state index is 10.9. The van der Waals surface area contributed by atoms with Gasteiger partial charge < -0.3 is 5.11 Å². The van der Waals surface area contributed by atoms with Crippen molar-refractivity contribution in [3.05, 3.63) is 11.1 Å². The van der Waals surface area contributed by atoms with Crippen LogP contribution in [-0.4, -0.2) is 11.1 Å². The van der Waals surface area contributed by atoms with Crippen LogP contribution in [0.15, 0.2) is 11.1 Å². The summed E-state index contributed by atoms with van der Waals surface area (Å²) < 4.78 is 0. The Balaban J connectivity index is 4.26. The lowest BCUT2D eigenvalue weighted by Gasteiger charge is -2.09. The molecule has 0 aliphatic heterocycles. The normalized spacial score (nSPS) is 10.2. The molecule has 2 heteroatoms. The van der Waals surface area contributed by atoms with Crippen LogP contribution in [0.3, 0.4) is 0 Å². The fourth-order valence-corrected chi connectivity index (χ4v) is 1.83. The van der Waals surface area contributed by atoms with Crippen LogP contribution in [0, 0.1) is 0 Å². The van der Waals surface area contributed by atoms with Crippen molar-refractivity contribution in [2.75, 3.05) is 0 Å². The fraction of sp³-hybridized carbons (Fsp3) is 0.786. The number of aliphatic carboxylic acids is 1. The highest BCUT2D eigenvalue weighted by atomic mass is 16.4. The van der Waals surface area contributed by atoms with Gasteiger partial charge in [0.1, 0.15) is 0 Å². The summed E-state index contributed by atoms with van der Waals surface area (Å²) in [7, 11) is 0. The summed E-state index contributed by atoms with van der Waals surface area (Å²) in [6.07, 6.45) is 8.97. The minimum atomic E-state index is -0.747. The first-order valence-corrected chi connectivity index (χ1v) is 6.55. The molecule has 0 aromatic heterocycles. The van der Waals surface area contributed by atoms with Crippen molar-refractivity contribution in [3.8, 4) is 0 Å². The lowest BCUT2D eigenvalue weighted by molar-refractivity contribution is -0.132. The zero-order valence-corrected chi connectivity index (χ0v) is 11.0. The number of carboxylic acid groups (broad SMARTS) is 1. The highest BCUT2D eigenvalue weighted by Gasteiger charge is 2.08. The van der Waals surface area contributed by atoms with E-state index in [2.05, 4.69) is 13.8 Å². The van der Waals surface area contributed by atoms with Crippen LogP contribution in [0.1, 0.15) is 72.1 Å². The Kier molecular flexibility index (Phi) is 8.97. The highest BCUT2D eigenvalue weighted by Crippen LogP contribution is 2.20. The molecule has 1 N–H and O–H groups in total. The van der Waals surface area contributed by atoms with E-state index in [0.717, 1.165) is 31.3 Å². The molecule has 0 aliphatic carbocycles. The van der Waals surface area contributed by atoms with Gasteiger partial charge in [-0.05, 0) is 32.6 Å². The molecule has 0 atom stereocenters. The number of rotatable bonds is 9. The number of carboxylic acids is 1. The van der Waals surface area contributed by atoms with E-state index in [1.807, 2.05) is 0 Å². The van der Waals surface area contributed by atoms with Crippen LogP contribution in [0.5, 0.6) is 0 Å². The Labute approximate surface area is 99.7 Å². The minimum Gasteiger partial charge on any atom is -0.478 e. The number of allylic oxidation sites excluding steroid dienone is 1. The summed E-state index contributed by atoms with van der Waals surface area (Å²) in [4.78, 5) is 10.9. The molecule has 0 unspecified atom stereocenters. The van der Waals surface area contributed by atoms with Crippen molar-refractivity contribution in [1.29, 1.82) is 0 Å². The number of carbonyl (C=O) groups is 1. The lowest BCUT2D eigenvalue weighted by atomic mass is 9.97. The summed E-state index contributed by atoms with van der Waals surface area (Å²) in [6, 6.07) is 0. The van der Waals surface area contributed by atoms with E-state index in [-0.39, 0.29) is 0 Å². The predicted molar refractivity (Wildman–Crippen MR) is 68.6 cm³/mol. The van der Waals surface area contributed by atoms with Gasteiger partial charge in [0.2, 0.25) is 0 Å². The third-order valence-corrected chi connectivity index (χ3v) is 3.02. The van der Waals surface area contributed by atoms with E-state index >= 15 is 0 Å². The SMILES string of the molecule is CCCCCC(CCCCC)=C(C)C(=O)O. The smallest absolute Gasteiger partial charge is 0.331 e. The van der Waals surface area contributed by atoms with Crippen LogP contribution in [0.2, 0.25) is 0 Å². The Morgan fingerprint density at radius 3 is 1.69 bits per heavy atom. The Morgan fingerprint density at radius 1 is 0.938 bits per heavy atom. The Bertz CT molecular complexity index is 217. The van der Waals surface area contributed by atoms with Crippen molar-refractivity contribution in [2.45, 2.75) is 72.1 Å². The van der Waals surface area contributed by atoms with Crippen LogP contribution < -0.4 is 0 Å². The third kappa shape index (κ3) is 6.65. The maximum Gasteiger partial charge on any atom is 0.331 e. The van der Waals surface area contributed by atoms with Gasteiger partial charge in [-0.25, -0.2) is 4.79 Å². The van der Waals surface area contributed by atoms with E-state index in [1.54, 1.807) is 6.92 Å². The molecule has 0 heterocycles. The average Bonchev–Trinajstić information content (AvgIpc) is 2.26. The summed E-state index contributed by atoms with van der Waals surface area (Å²) in [5, 5.41) is 9.01. The molecule has 0 aromatic rings. The largest absolute Gasteiger partial charge is 0.478 e. The standard InChI is InChI=1S/C14H26O2/c1-4-6-8-10-13(11-9-7-5-2)12(3)14(15)16/h4-11H2,1-3H3,(H,15,16). The van der Waals surface area contributed by atoms with Crippen molar-refractivity contribution < 1.29 is 9.90 Å². The number of hydrogen-bond donors (Lipinski definition) is 1. The first-order chi connectivity index (χ1) is 7.63. The second kappa shape index (κ2) is 9.44. The van der Waals surface area contributed by atoms with E-state index in [4.69, 9.17) is 5.11 Å². The Morgan fingerprint density at radius 2 is 1.38 bits per heavy atom. The second-order valence-electron chi connectivity index (χ2n) is 4.45. The molecule has 0 fully saturated rings. The number of unbranched alkanes of at least 4 members (excludes halogenated alkanes) is 4. The molecule has 0 bridgehead atoms. The summed E-state index contributed by atoms with van der Waals surface area (Å²) in [5.41, 5.74) is 1.74. The van der Waals surface area contributed by atoms with Crippen molar-refractivity contribution in [1.82, 2.24) is 0 Å². The third-order valence-electron chi connectivity index (χ3n) is 3.02. The molecule has 0 amide bonds. The number of hydrogen-bond acceptors (Lipinski definition) is 1. The van der Waals surface area contributed by atoms with Crippen LogP contribution in [-0.2, 0) is 4.79 Å². The second-order valence-corrected chi connectivity index (χ2v) is 4.45. The van der Waals surface area contributed by atoms with E-state index in [0.29, 0.717) is 5.57 Å². The van der Waals surface area contributed by atoms with Crippen molar-refractivity contribution in [3.63, 3.8) is 0 Å². The van der Waals surface area contributed by atoms with Gasteiger partial charge in [0, 0.05) is 5.57 Å². The van der Waals surface area contributed by atoms with Gasteiger partial charge in [0.15, 0.2) is 0 Å². The van der Waals surface area contributed by atoms with Gasteiger partial charge >= 0.3 is 5.97 Å². The van der Waals surface area contributed by atoms with Crippen LogP contribution in [0.4, 0.5) is 0 Å². The zero-order valence-electron chi connectivity index (χ0n) is 11.0. The molecule has 94 valence electrons.